The van der Waals surface area contributed by atoms with Crippen molar-refractivity contribution in [2.75, 3.05) is 6.61 Å². The molecule has 1 aliphatic carbocycles. The second-order valence-electron chi connectivity index (χ2n) is 6.07. The van der Waals surface area contributed by atoms with Gasteiger partial charge in [0.2, 0.25) is 0 Å². The number of pyridine rings is 1. The third-order valence-corrected chi connectivity index (χ3v) is 4.62. The van der Waals surface area contributed by atoms with Gasteiger partial charge >= 0.3 is 5.97 Å². The molecule has 4 rings (SSSR count). The molecule has 0 amide bonds. The summed E-state index contributed by atoms with van der Waals surface area (Å²) in [6, 6.07) is 16.7. The predicted octanol–water partition coefficient (Wildman–Crippen LogP) is 4.35. The molecule has 0 atom stereocenters. The van der Waals surface area contributed by atoms with Gasteiger partial charge in [-0.2, -0.15) is 0 Å². The van der Waals surface area contributed by atoms with Gasteiger partial charge in [-0.1, -0.05) is 48.0 Å². The van der Waals surface area contributed by atoms with Crippen LogP contribution in [0.1, 0.15) is 31.8 Å². The quantitative estimate of drug-likeness (QED) is 0.307. The third kappa shape index (κ3) is 3.11. The predicted molar refractivity (Wildman–Crippen MR) is 98.5 cm³/mol. The average molecular weight is 364 g/mol. The van der Waals surface area contributed by atoms with Crippen LogP contribution < -0.4 is 0 Å². The highest BCUT2D eigenvalue weighted by Gasteiger charge is 2.20. The van der Waals surface area contributed by atoms with Crippen LogP contribution in [0.4, 0.5) is 0 Å². The molecule has 26 heavy (non-hydrogen) atoms. The van der Waals surface area contributed by atoms with Crippen LogP contribution in [0.2, 0.25) is 5.15 Å². The number of carbonyl (C=O) groups excluding carboxylic acids is 2. The molecule has 4 nitrogen and oxygen atoms in total. The van der Waals surface area contributed by atoms with Crippen LogP contribution in [0.5, 0.6) is 0 Å². The van der Waals surface area contributed by atoms with Gasteiger partial charge in [0.25, 0.3) is 0 Å². The van der Waals surface area contributed by atoms with Gasteiger partial charge in [0.05, 0.1) is 5.56 Å². The Bertz CT molecular complexity index is 1030. The fourth-order valence-corrected chi connectivity index (χ4v) is 3.30. The van der Waals surface area contributed by atoms with Gasteiger partial charge in [-0.05, 0) is 46.9 Å². The van der Waals surface area contributed by atoms with E-state index in [0.29, 0.717) is 5.56 Å². The van der Waals surface area contributed by atoms with Crippen LogP contribution in [0.15, 0.2) is 60.8 Å². The molecule has 2 aromatic carbocycles. The van der Waals surface area contributed by atoms with E-state index in [9.17, 15) is 9.59 Å². The van der Waals surface area contributed by atoms with Crippen molar-refractivity contribution >= 4 is 23.4 Å². The van der Waals surface area contributed by atoms with Gasteiger partial charge in [0.1, 0.15) is 5.15 Å². The van der Waals surface area contributed by atoms with Crippen molar-refractivity contribution in [3.8, 4) is 11.1 Å². The van der Waals surface area contributed by atoms with Crippen molar-refractivity contribution in [1.29, 1.82) is 0 Å². The van der Waals surface area contributed by atoms with E-state index in [0.717, 1.165) is 17.5 Å². The maximum atomic E-state index is 12.4. The summed E-state index contributed by atoms with van der Waals surface area (Å²) in [6.45, 7) is -0.320. The lowest BCUT2D eigenvalue weighted by atomic mass is 10.0. The SMILES string of the molecule is O=C(COC(=O)c1ccnc(Cl)c1)c1ccc2c(c1)-c1ccccc1C2. The summed E-state index contributed by atoms with van der Waals surface area (Å²) >= 11 is 5.76. The molecule has 0 N–H and O–H groups in total. The molecular formula is C21H14ClNO3. The van der Waals surface area contributed by atoms with Crippen LogP contribution in [-0.4, -0.2) is 23.3 Å². The number of carbonyl (C=O) groups is 2. The monoisotopic (exact) mass is 363 g/mol. The summed E-state index contributed by atoms with van der Waals surface area (Å²) in [4.78, 5) is 28.3. The Morgan fingerprint density at radius 3 is 2.62 bits per heavy atom. The van der Waals surface area contributed by atoms with E-state index < -0.39 is 5.97 Å². The number of aromatic nitrogens is 1. The molecule has 0 saturated heterocycles. The summed E-state index contributed by atoms with van der Waals surface area (Å²) in [5.74, 6) is -0.847. The Kier molecular flexibility index (Phi) is 4.27. The molecule has 0 saturated carbocycles. The normalized spacial score (nSPS) is 11.6. The van der Waals surface area contributed by atoms with Crippen LogP contribution in [0.25, 0.3) is 11.1 Å². The second kappa shape index (κ2) is 6.73. The standard InChI is InChI=1S/C21H14ClNO3/c22-20-11-16(7-8-23-20)21(25)26-12-19(24)15-6-5-14-9-13-3-1-2-4-17(13)18(14)10-15/h1-8,10-11H,9,12H2. The van der Waals surface area contributed by atoms with Gasteiger partial charge in [-0.15, -0.1) is 0 Å². The lowest BCUT2D eigenvalue weighted by Crippen LogP contribution is -2.14. The van der Waals surface area contributed by atoms with Crippen molar-refractivity contribution in [2.24, 2.45) is 0 Å². The molecule has 0 fully saturated rings. The van der Waals surface area contributed by atoms with E-state index in [1.807, 2.05) is 24.3 Å². The van der Waals surface area contributed by atoms with Gasteiger partial charge in [-0.3, -0.25) is 4.79 Å². The fraction of sp³-hybridized carbons (Fsp3) is 0.0952. The summed E-state index contributed by atoms with van der Waals surface area (Å²) in [6.07, 6.45) is 2.29. The Balaban J connectivity index is 1.49. The third-order valence-electron chi connectivity index (χ3n) is 4.42. The molecule has 0 aliphatic heterocycles. The van der Waals surface area contributed by atoms with Gasteiger partial charge in [0, 0.05) is 11.8 Å². The van der Waals surface area contributed by atoms with Gasteiger partial charge in [-0.25, -0.2) is 9.78 Å². The zero-order valence-electron chi connectivity index (χ0n) is 13.7. The smallest absolute Gasteiger partial charge is 0.338 e. The van der Waals surface area contributed by atoms with Crippen molar-refractivity contribution in [1.82, 2.24) is 4.98 Å². The number of hydrogen-bond acceptors (Lipinski definition) is 4. The number of ketones is 1. The lowest BCUT2D eigenvalue weighted by molar-refractivity contribution is 0.0474. The number of nitrogens with zero attached hydrogens (tertiary/aromatic N) is 1. The molecule has 128 valence electrons. The fourth-order valence-electron chi connectivity index (χ4n) is 3.12. The van der Waals surface area contributed by atoms with E-state index in [1.54, 1.807) is 6.07 Å². The average Bonchev–Trinajstić information content (AvgIpc) is 3.03. The van der Waals surface area contributed by atoms with Crippen molar-refractivity contribution in [2.45, 2.75) is 6.42 Å². The highest BCUT2D eigenvalue weighted by atomic mass is 35.5. The summed E-state index contributed by atoms with van der Waals surface area (Å²) < 4.78 is 5.11. The Hall–Kier alpha value is -2.98. The van der Waals surface area contributed by atoms with Gasteiger partial charge in [0.15, 0.2) is 12.4 Å². The first-order chi connectivity index (χ1) is 12.6. The van der Waals surface area contributed by atoms with E-state index >= 15 is 0 Å². The first-order valence-electron chi connectivity index (χ1n) is 8.15. The minimum absolute atomic E-state index is 0.197. The zero-order valence-corrected chi connectivity index (χ0v) is 14.5. The number of halogens is 1. The minimum atomic E-state index is -0.603. The van der Waals surface area contributed by atoms with E-state index in [2.05, 4.69) is 17.1 Å². The Labute approximate surface area is 155 Å². The Morgan fingerprint density at radius 2 is 1.77 bits per heavy atom. The highest BCUT2D eigenvalue weighted by Crippen LogP contribution is 2.36. The molecule has 0 radical (unpaired) electrons. The number of fused-ring (bicyclic) bond motifs is 3. The van der Waals surface area contributed by atoms with E-state index in [1.165, 1.54) is 29.5 Å². The van der Waals surface area contributed by atoms with Gasteiger partial charge < -0.3 is 4.74 Å². The lowest BCUT2D eigenvalue weighted by Gasteiger charge is -2.07. The summed E-state index contributed by atoms with van der Waals surface area (Å²) in [5, 5.41) is 0.197. The van der Waals surface area contributed by atoms with Crippen molar-refractivity contribution < 1.29 is 14.3 Å². The van der Waals surface area contributed by atoms with Crippen LogP contribution in [0.3, 0.4) is 0 Å². The first-order valence-corrected chi connectivity index (χ1v) is 8.53. The van der Waals surface area contributed by atoms with Crippen molar-refractivity contribution in [3.05, 3.63) is 88.2 Å². The molecule has 0 spiro atoms. The van der Waals surface area contributed by atoms with Crippen molar-refractivity contribution in [3.63, 3.8) is 0 Å². The summed E-state index contributed by atoms with van der Waals surface area (Å²) in [5.41, 5.74) is 5.47. The molecule has 3 aromatic rings. The van der Waals surface area contributed by atoms with Crippen LogP contribution in [-0.2, 0) is 11.2 Å². The number of esters is 1. The topological polar surface area (TPSA) is 56.3 Å². The molecule has 1 heterocycles. The molecule has 0 unspecified atom stereocenters. The largest absolute Gasteiger partial charge is 0.454 e. The zero-order chi connectivity index (χ0) is 18.1. The summed E-state index contributed by atoms with van der Waals surface area (Å²) in [7, 11) is 0. The molecule has 1 aliphatic rings. The van der Waals surface area contributed by atoms with Crippen LogP contribution >= 0.6 is 11.6 Å². The molecule has 0 bridgehead atoms. The second-order valence-corrected chi connectivity index (χ2v) is 6.46. The minimum Gasteiger partial charge on any atom is -0.454 e. The Morgan fingerprint density at radius 1 is 0.962 bits per heavy atom. The number of Topliss-reactive ketones (excluding diaryl/α,β-unsaturated/α-hetero) is 1. The molecular weight excluding hydrogens is 350 g/mol. The molecule has 5 heteroatoms. The number of rotatable bonds is 4. The number of benzene rings is 2. The highest BCUT2D eigenvalue weighted by molar-refractivity contribution is 6.29. The first kappa shape index (κ1) is 16.5. The maximum Gasteiger partial charge on any atom is 0.338 e. The molecule has 1 aromatic heterocycles. The number of hydrogen-bond donors (Lipinski definition) is 0. The maximum absolute atomic E-state index is 12.4. The number of ether oxygens (including phenoxy) is 1. The van der Waals surface area contributed by atoms with E-state index in [4.69, 9.17) is 16.3 Å². The van der Waals surface area contributed by atoms with E-state index in [-0.39, 0.29) is 23.1 Å². The van der Waals surface area contributed by atoms with Crippen LogP contribution in [0, 0.1) is 0 Å².